The summed E-state index contributed by atoms with van der Waals surface area (Å²) in [6.45, 7) is 0.518. The molecule has 2 unspecified atom stereocenters. The molecule has 3 aromatic heterocycles. The predicted octanol–water partition coefficient (Wildman–Crippen LogP) is 1.30. The first-order chi connectivity index (χ1) is 14.1. The fraction of sp³-hybridized carbons (Fsp3) is 0.368. The molecule has 5 rings (SSSR count). The molecule has 1 saturated heterocycles. The Morgan fingerprint density at radius 2 is 2.07 bits per heavy atom. The number of imidazole rings is 1. The summed E-state index contributed by atoms with van der Waals surface area (Å²) >= 11 is 1.24. The SMILES string of the molecule is O=C(NC1COCC1O)c1nc(-c2ccc3nc(NC(=O)C4CC4)cn3c2)cs1. The lowest BCUT2D eigenvalue weighted by Gasteiger charge is -2.12. The van der Waals surface area contributed by atoms with E-state index in [1.165, 1.54) is 11.3 Å². The van der Waals surface area contributed by atoms with E-state index in [0.29, 0.717) is 28.8 Å². The molecule has 2 aliphatic rings. The van der Waals surface area contributed by atoms with Crippen LogP contribution in [0.15, 0.2) is 29.9 Å². The van der Waals surface area contributed by atoms with E-state index in [1.54, 1.807) is 6.20 Å². The largest absolute Gasteiger partial charge is 0.388 e. The van der Waals surface area contributed by atoms with Gasteiger partial charge in [0.05, 0.1) is 37.3 Å². The van der Waals surface area contributed by atoms with Gasteiger partial charge in [0.1, 0.15) is 5.65 Å². The second-order valence-electron chi connectivity index (χ2n) is 7.30. The van der Waals surface area contributed by atoms with Crippen LogP contribution >= 0.6 is 11.3 Å². The molecule has 3 aromatic rings. The van der Waals surface area contributed by atoms with Crippen LogP contribution in [0.3, 0.4) is 0 Å². The zero-order valence-corrected chi connectivity index (χ0v) is 16.2. The first-order valence-electron chi connectivity index (χ1n) is 9.39. The van der Waals surface area contributed by atoms with Gasteiger partial charge >= 0.3 is 0 Å². The van der Waals surface area contributed by atoms with Gasteiger partial charge in [0, 0.05) is 23.1 Å². The van der Waals surface area contributed by atoms with Gasteiger partial charge in [-0.25, -0.2) is 9.97 Å². The Hall–Kier alpha value is -2.82. The molecule has 4 heterocycles. The van der Waals surface area contributed by atoms with E-state index < -0.39 is 12.1 Å². The van der Waals surface area contributed by atoms with Gasteiger partial charge in [-0.3, -0.25) is 9.59 Å². The summed E-state index contributed by atoms with van der Waals surface area (Å²) in [6, 6.07) is 3.30. The second kappa shape index (κ2) is 7.21. The maximum absolute atomic E-state index is 12.4. The van der Waals surface area contributed by atoms with Crippen LogP contribution in [0.2, 0.25) is 0 Å². The van der Waals surface area contributed by atoms with E-state index in [0.717, 1.165) is 18.4 Å². The van der Waals surface area contributed by atoms with Crippen molar-refractivity contribution in [3.05, 3.63) is 34.9 Å². The minimum atomic E-state index is -0.698. The van der Waals surface area contributed by atoms with Crippen LogP contribution in [-0.4, -0.2) is 56.6 Å². The Bertz CT molecular complexity index is 1090. The summed E-state index contributed by atoms with van der Waals surface area (Å²) < 4.78 is 6.97. The van der Waals surface area contributed by atoms with Gasteiger partial charge < -0.3 is 24.9 Å². The van der Waals surface area contributed by atoms with Crippen molar-refractivity contribution >= 4 is 34.6 Å². The number of nitrogens with zero attached hydrogens (tertiary/aromatic N) is 3. The molecule has 1 aliphatic heterocycles. The van der Waals surface area contributed by atoms with Gasteiger partial charge in [-0.2, -0.15) is 0 Å². The van der Waals surface area contributed by atoms with Gasteiger partial charge in [-0.1, -0.05) is 0 Å². The molecule has 2 fully saturated rings. The Balaban J connectivity index is 1.32. The molecule has 2 atom stereocenters. The molecule has 0 spiro atoms. The third-order valence-corrected chi connectivity index (χ3v) is 5.85. The van der Waals surface area contributed by atoms with Gasteiger partial charge in [-0.15, -0.1) is 11.3 Å². The lowest BCUT2D eigenvalue weighted by molar-refractivity contribution is -0.117. The number of ether oxygens (including phenoxy) is 1. The highest BCUT2D eigenvalue weighted by Crippen LogP contribution is 2.30. The standard InChI is InChI=1S/C19H19N5O4S/c25-14-8-28-7-12(14)20-18(27)19-21-13(9-29-19)11-3-4-16-22-15(6-24(16)5-11)23-17(26)10-1-2-10/h3-6,9-10,12,14,25H,1-2,7-8H2,(H,20,27)(H,23,26). The first kappa shape index (κ1) is 18.2. The van der Waals surface area contributed by atoms with Crippen molar-refractivity contribution in [1.82, 2.24) is 19.7 Å². The van der Waals surface area contributed by atoms with Crippen LogP contribution in [-0.2, 0) is 9.53 Å². The molecule has 10 heteroatoms. The van der Waals surface area contributed by atoms with Crippen molar-refractivity contribution in [2.24, 2.45) is 5.92 Å². The smallest absolute Gasteiger partial charge is 0.280 e. The average Bonchev–Trinajstić information content (AvgIpc) is 3.10. The van der Waals surface area contributed by atoms with Crippen molar-refractivity contribution in [2.75, 3.05) is 18.5 Å². The lowest BCUT2D eigenvalue weighted by Crippen LogP contribution is -2.42. The number of thiazole rings is 1. The predicted molar refractivity (Wildman–Crippen MR) is 106 cm³/mol. The first-order valence-corrected chi connectivity index (χ1v) is 10.3. The van der Waals surface area contributed by atoms with Crippen molar-refractivity contribution in [3.63, 3.8) is 0 Å². The van der Waals surface area contributed by atoms with Crippen LogP contribution in [0.1, 0.15) is 22.6 Å². The zero-order valence-electron chi connectivity index (χ0n) is 15.4. The minimum Gasteiger partial charge on any atom is -0.388 e. The normalized spacial score (nSPS) is 21.4. The summed E-state index contributed by atoms with van der Waals surface area (Å²) in [5.74, 6) is 0.327. The Kier molecular flexibility index (Phi) is 4.53. The number of anilines is 1. The third-order valence-electron chi connectivity index (χ3n) is 5.01. The van der Waals surface area contributed by atoms with Crippen LogP contribution < -0.4 is 10.6 Å². The molecule has 0 aromatic carbocycles. The van der Waals surface area contributed by atoms with E-state index in [4.69, 9.17) is 4.74 Å². The fourth-order valence-electron chi connectivity index (χ4n) is 3.20. The highest BCUT2D eigenvalue weighted by Gasteiger charge is 2.30. The number of nitrogens with one attached hydrogen (secondary N) is 2. The van der Waals surface area contributed by atoms with Crippen LogP contribution in [0.4, 0.5) is 5.82 Å². The van der Waals surface area contributed by atoms with Crippen molar-refractivity contribution in [3.8, 4) is 11.3 Å². The van der Waals surface area contributed by atoms with Gasteiger partial charge in [0.2, 0.25) is 5.91 Å². The maximum Gasteiger partial charge on any atom is 0.280 e. The topological polar surface area (TPSA) is 118 Å². The molecule has 29 heavy (non-hydrogen) atoms. The number of aliphatic hydroxyl groups excluding tert-OH is 1. The van der Waals surface area contributed by atoms with Crippen LogP contribution in [0.5, 0.6) is 0 Å². The van der Waals surface area contributed by atoms with Gasteiger partial charge in [-0.05, 0) is 25.0 Å². The van der Waals surface area contributed by atoms with E-state index in [1.807, 2.05) is 28.1 Å². The number of carbonyl (C=O) groups is 2. The Labute approximate surface area is 169 Å². The van der Waals surface area contributed by atoms with Crippen LogP contribution in [0.25, 0.3) is 16.9 Å². The average molecular weight is 413 g/mol. The molecule has 3 N–H and O–H groups in total. The molecular formula is C19H19N5O4S. The summed E-state index contributed by atoms with van der Waals surface area (Å²) in [6.07, 6.45) is 4.81. The number of hydrogen-bond donors (Lipinski definition) is 3. The Morgan fingerprint density at radius 3 is 2.83 bits per heavy atom. The fourth-order valence-corrected chi connectivity index (χ4v) is 3.93. The maximum atomic E-state index is 12.4. The minimum absolute atomic E-state index is 0.0153. The van der Waals surface area contributed by atoms with Crippen molar-refractivity contribution in [1.29, 1.82) is 0 Å². The number of pyridine rings is 1. The number of aromatic nitrogens is 3. The van der Waals surface area contributed by atoms with E-state index in [9.17, 15) is 14.7 Å². The number of amides is 2. The zero-order chi connectivity index (χ0) is 20.0. The monoisotopic (exact) mass is 413 g/mol. The van der Waals surface area contributed by atoms with E-state index in [2.05, 4.69) is 20.6 Å². The Morgan fingerprint density at radius 1 is 1.21 bits per heavy atom. The molecule has 0 radical (unpaired) electrons. The van der Waals surface area contributed by atoms with Crippen molar-refractivity contribution < 1.29 is 19.4 Å². The second-order valence-corrected chi connectivity index (χ2v) is 8.15. The number of aliphatic hydroxyl groups is 1. The quantitative estimate of drug-likeness (QED) is 0.580. The van der Waals surface area contributed by atoms with E-state index in [-0.39, 0.29) is 24.3 Å². The summed E-state index contributed by atoms with van der Waals surface area (Å²) in [4.78, 5) is 33.1. The number of rotatable bonds is 5. The summed E-state index contributed by atoms with van der Waals surface area (Å²) in [7, 11) is 0. The number of fused-ring (bicyclic) bond motifs is 1. The molecule has 9 nitrogen and oxygen atoms in total. The van der Waals surface area contributed by atoms with Gasteiger partial charge in [0.25, 0.3) is 5.91 Å². The summed E-state index contributed by atoms with van der Waals surface area (Å²) in [5.41, 5.74) is 2.21. The van der Waals surface area contributed by atoms with Crippen LogP contribution in [0, 0.1) is 5.92 Å². The third kappa shape index (κ3) is 3.74. The van der Waals surface area contributed by atoms with Gasteiger partial charge in [0.15, 0.2) is 10.8 Å². The lowest BCUT2D eigenvalue weighted by atomic mass is 10.2. The number of carbonyl (C=O) groups excluding carboxylic acids is 2. The highest BCUT2D eigenvalue weighted by atomic mass is 32.1. The van der Waals surface area contributed by atoms with Crippen molar-refractivity contribution in [2.45, 2.75) is 25.0 Å². The number of hydrogen-bond acceptors (Lipinski definition) is 7. The molecular weight excluding hydrogens is 394 g/mol. The molecule has 1 aliphatic carbocycles. The molecule has 0 bridgehead atoms. The molecule has 150 valence electrons. The highest BCUT2D eigenvalue weighted by molar-refractivity contribution is 7.12. The summed E-state index contributed by atoms with van der Waals surface area (Å²) in [5, 5.41) is 17.5. The molecule has 2 amide bonds. The van der Waals surface area contributed by atoms with E-state index >= 15 is 0 Å². The molecule has 1 saturated carbocycles.